The topological polar surface area (TPSA) is 66.2 Å². The van der Waals surface area contributed by atoms with Crippen molar-refractivity contribution in [2.45, 2.75) is 6.92 Å². The van der Waals surface area contributed by atoms with Crippen molar-refractivity contribution >= 4 is 63.6 Å². The van der Waals surface area contributed by atoms with E-state index in [2.05, 4.69) is 60.5 Å². The van der Waals surface area contributed by atoms with Crippen molar-refractivity contribution in [2.75, 3.05) is 0 Å². The standard InChI is InChI=1S/C16H12I2N4OS/c1-9-2-4-10(5-3-9)15-20-21-16(24)22(15)19-8-11-6-12(17)7-13(18)14(11)23/h2-8,23H,1H3,(H,21,24). The van der Waals surface area contributed by atoms with E-state index in [4.69, 9.17) is 12.2 Å². The van der Waals surface area contributed by atoms with Gasteiger partial charge in [-0.15, -0.1) is 0 Å². The summed E-state index contributed by atoms with van der Waals surface area (Å²) in [7, 11) is 0. The molecule has 0 unspecified atom stereocenters. The smallest absolute Gasteiger partial charge is 0.216 e. The van der Waals surface area contributed by atoms with Crippen molar-refractivity contribution in [2.24, 2.45) is 5.10 Å². The number of nitrogens with one attached hydrogen (secondary N) is 1. The van der Waals surface area contributed by atoms with Crippen LogP contribution in [0.1, 0.15) is 11.1 Å². The Morgan fingerprint density at radius 2 is 1.96 bits per heavy atom. The van der Waals surface area contributed by atoms with E-state index in [1.807, 2.05) is 43.3 Å². The number of nitrogens with zero attached hydrogens (tertiary/aromatic N) is 3. The minimum atomic E-state index is 0.201. The number of benzene rings is 2. The van der Waals surface area contributed by atoms with Gasteiger partial charge in [-0.05, 0) is 76.5 Å². The van der Waals surface area contributed by atoms with Crippen molar-refractivity contribution in [1.82, 2.24) is 14.9 Å². The van der Waals surface area contributed by atoms with Crippen LogP contribution in [0.15, 0.2) is 41.5 Å². The third kappa shape index (κ3) is 3.70. The van der Waals surface area contributed by atoms with Gasteiger partial charge in [0, 0.05) is 14.7 Å². The Bertz CT molecular complexity index is 977. The Morgan fingerprint density at radius 3 is 2.67 bits per heavy atom. The molecule has 0 atom stereocenters. The molecule has 5 nitrogen and oxygen atoms in total. The Labute approximate surface area is 171 Å². The second-order valence-electron chi connectivity index (χ2n) is 5.10. The molecule has 24 heavy (non-hydrogen) atoms. The van der Waals surface area contributed by atoms with E-state index in [9.17, 15) is 5.11 Å². The summed E-state index contributed by atoms with van der Waals surface area (Å²) in [6.07, 6.45) is 1.59. The average molecular weight is 562 g/mol. The van der Waals surface area contributed by atoms with Crippen molar-refractivity contribution in [3.63, 3.8) is 0 Å². The van der Waals surface area contributed by atoms with Gasteiger partial charge in [0.2, 0.25) is 4.77 Å². The molecule has 1 heterocycles. The van der Waals surface area contributed by atoms with Gasteiger partial charge in [0.1, 0.15) is 5.75 Å². The first kappa shape index (κ1) is 17.5. The Kier molecular flexibility index (Phi) is 5.35. The molecule has 0 bridgehead atoms. The predicted octanol–water partition coefficient (Wildman–Crippen LogP) is 4.71. The molecule has 2 aromatic carbocycles. The lowest BCUT2D eigenvalue weighted by molar-refractivity contribution is 0.470. The third-order valence-corrected chi connectivity index (χ3v) is 5.04. The van der Waals surface area contributed by atoms with E-state index in [-0.39, 0.29) is 5.75 Å². The van der Waals surface area contributed by atoms with Gasteiger partial charge in [-0.25, -0.2) is 5.10 Å². The molecule has 0 spiro atoms. The fraction of sp³-hybridized carbons (Fsp3) is 0.0625. The molecule has 0 saturated carbocycles. The maximum Gasteiger partial charge on any atom is 0.216 e. The Hall–Kier alpha value is -1.27. The number of rotatable bonds is 3. The number of phenolic OH excluding ortho intramolecular Hbond substituents is 1. The number of aryl methyl sites for hydroxylation is 1. The monoisotopic (exact) mass is 562 g/mol. The van der Waals surface area contributed by atoms with Crippen molar-refractivity contribution in [3.8, 4) is 17.1 Å². The second kappa shape index (κ2) is 7.31. The summed E-state index contributed by atoms with van der Waals surface area (Å²) in [5.74, 6) is 0.822. The highest BCUT2D eigenvalue weighted by molar-refractivity contribution is 14.1. The number of aromatic nitrogens is 3. The lowest BCUT2D eigenvalue weighted by Gasteiger charge is -2.04. The van der Waals surface area contributed by atoms with Crippen LogP contribution in [0.2, 0.25) is 0 Å². The molecule has 0 aliphatic carbocycles. The summed E-state index contributed by atoms with van der Waals surface area (Å²) in [6.45, 7) is 2.03. The molecule has 1 aromatic heterocycles. The van der Waals surface area contributed by atoms with Gasteiger partial charge < -0.3 is 5.11 Å². The molecular formula is C16H12I2N4OS. The fourth-order valence-electron chi connectivity index (χ4n) is 2.09. The molecule has 0 saturated heterocycles. The fourth-order valence-corrected chi connectivity index (χ4v) is 4.16. The molecule has 0 amide bonds. The van der Waals surface area contributed by atoms with E-state index < -0.39 is 0 Å². The maximum absolute atomic E-state index is 10.2. The molecule has 0 fully saturated rings. The van der Waals surface area contributed by atoms with Gasteiger partial charge >= 0.3 is 0 Å². The first-order valence-electron chi connectivity index (χ1n) is 6.92. The summed E-state index contributed by atoms with van der Waals surface area (Å²) < 4.78 is 3.73. The zero-order valence-corrected chi connectivity index (χ0v) is 17.6. The van der Waals surface area contributed by atoms with Crippen LogP contribution in [0.4, 0.5) is 0 Å². The number of aromatic hydroxyl groups is 1. The first-order chi connectivity index (χ1) is 11.5. The number of hydrogen-bond acceptors (Lipinski definition) is 4. The molecule has 122 valence electrons. The average Bonchev–Trinajstić information content (AvgIpc) is 2.91. The number of H-pyrrole nitrogens is 1. The lowest BCUT2D eigenvalue weighted by Crippen LogP contribution is -1.96. The SMILES string of the molecule is Cc1ccc(-c2n[nH]c(=S)n2N=Cc2cc(I)cc(I)c2O)cc1. The van der Waals surface area contributed by atoms with E-state index in [0.29, 0.717) is 16.2 Å². The van der Waals surface area contributed by atoms with Crippen LogP contribution in [-0.2, 0) is 0 Å². The molecule has 2 N–H and O–H groups in total. The van der Waals surface area contributed by atoms with Gasteiger partial charge in [0.15, 0.2) is 5.82 Å². The largest absolute Gasteiger partial charge is 0.506 e. The second-order valence-corrected chi connectivity index (χ2v) is 7.89. The highest BCUT2D eigenvalue weighted by Gasteiger charge is 2.09. The number of halogens is 2. The third-order valence-electron chi connectivity index (χ3n) is 3.33. The lowest BCUT2D eigenvalue weighted by atomic mass is 10.1. The van der Waals surface area contributed by atoms with Gasteiger partial charge in [-0.1, -0.05) is 29.8 Å². The van der Waals surface area contributed by atoms with Crippen LogP contribution in [0.3, 0.4) is 0 Å². The Balaban J connectivity index is 2.04. The zero-order valence-electron chi connectivity index (χ0n) is 12.5. The summed E-state index contributed by atoms with van der Waals surface area (Å²) in [5.41, 5.74) is 2.71. The van der Waals surface area contributed by atoms with E-state index >= 15 is 0 Å². The van der Waals surface area contributed by atoms with Crippen LogP contribution >= 0.6 is 57.4 Å². The van der Waals surface area contributed by atoms with Crippen molar-refractivity contribution < 1.29 is 5.11 Å². The van der Waals surface area contributed by atoms with E-state index in [1.54, 1.807) is 10.9 Å². The van der Waals surface area contributed by atoms with Crippen LogP contribution in [0.5, 0.6) is 5.75 Å². The van der Waals surface area contributed by atoms with Gasteiger partial charge in [0.05, 0.1) is 9.78 Å². The van der Waals surface area contributed by atoms with E-state index in [1.165, 1.54) is 5.56 Å². The minimum Gasteiger partial charge on any atom is -0.506 e. The Morgan fingerprint density at radius 1 is 1.25 bits per heavy atom. The predicted molar refractivity (Wildman–Crippen MR) is 114 cm³/mol. The highest BCUT2D eigenvalue weighted by atomic mass is 127. The van der Waals surface area contributed by atoms with Gasteiger partial charge in [-0.3, -0.25) is 0 Å². The number of phenols is 1. The maximum atomic E-state index is 10.2. The molecule has 0 aliphatic rings. The van der Waals surface area contributed by atoms with Gasteiger partial charge in [-0.2, -0.15) is 14.9 Å². The van der Waals surface area contributed by atoms with Gasteiger partial charge in [0.25, 0.3) is 0 Å². The van der Waals surface area contributed by atoms with Crippen LogP contribution in [0, 0.1) is 18.8 Å². The first-order valence-corrected chi connectivity index (χ1v) is 9.49. The van der Waals surface area contributed by atoms with Crippen molar-refractivity contribution in [3.05, 3.63) is 59.4 Å². The van der Waals surface area contributed by atoms with Crippen LogP contribution < -0.4 is 0 Å². The molecular weight excluding hydrogens is 550 g/mol. The minimum absolute atomic E-state index is 0.201. The summed E-state index contributed by atoms with van der Waals surface area (Å²) >= 11 is 9.56. The van der Waals surface area contributed by atoms with E-state index in [0.717, 1.165) is 12.7 Å². The highest BCUT2D eigenvalue weighted by Crippen LogP contribution is 2.26. The summed E-state index contributed by atoms with van der Waals surface area (Å²) in [6, 6.07) is 11.7. The molecule has 3 aromatic rings. The van der Waals surface area contributed by atoms with Crippen LogP contribution in [-0.4, -0.2) is 26.2 Å². The molecule has 0 radical (unpaired) electrons. The summed E-state index contributed by atoms with van der Waals surface area (Å²) in [5, 5.41) is 21.6. The number of hydrogen-bond donors (Lipinski definition) is 2. The molecule has 8 heteroatoms. The van der Waals surface area contributed by atoms with Crippen LogP contribution in [0.25, 0.3) is 11.4 Å². The van der Waals surface area contributed by atoms with Crippen molar-refractivity contribution in [1.29, 1.82) is 0 Å². The summed E-state index contributed by atoms with van der Waals surface area (Å²) in [4.78, 5) is 0. The normalized spacial score (nSPS) is 11.3. The quantitative estimate of drug-likeness (QED) is 0.276. The molecule has 3 rings (SSSR count). The molecule has 0 aliphatic heterocycles. The zero-order chi connectivity index (χ0) is 17.3. The number of aromatic amines is 1.